The SMILES string of the molecule is O=C(O)CNc1ccccc1OCC(=O)O. The van der Waals surface area contributed by atoms with Crippen LogP contribution in [-0.2, 0) is 9.59 Å². The van der Waals surface area contributed by atoms with Gasteiger partial charge in [0.15, 0.2) is 6.61 Å². The lowest BCUT2D eigenvalue weighted by Crippen LogP contribution is -2.14. The number of anilines is 1. The summed E-state index contributed by atoms with van der Waals surface area (Å²) in [6.07, 6.45) is 0. The van der Waals surface area contributed by atoms with E-state index in [-0.39, 0.29) is 6.54 Å². The molecule has 0 saturated heterocycles. The van der Waals surface area contributed by atoms with E-state index < -0.39 is 18.5 Å². The number of aliphatic carboxylic acids is 2. The molecule has 0 saturated carbocycles. The fraction of sp³-hybridized carbons (Fsp3) is 0.200. The van der Waals surface area contributed by atoms with Gasteiger partial charge in [0, 0.05) is 0 Å². The monoisotopic (exact) mass is 225 g/mol. The molecule has 0 aliphatic heterocycles. The van der Waals surface area contributed by atoms with Gasteiger partial charge in [-0.15, -0.1) is 0 Å². The van der Waals surface area contributed by atoms with Gasteiger partial charge in [0.2, 0.25) is 0 Å². The third kappa shape index (κ3) is 3.87. The van der Waals surface area contributed by atoms with Gasteiger partial charge in [0.1, 0.15) is 12.3 Å². The highest BCUT2D eigenvalue weighted by atomic mass is 16.5. The van der Waals surface area contributed by atoms with E-state index in [1.54, 1.807) is 24.3 Å². The van der Waals surface area contributed by atoms with Crippen molar-refractivity contribution in [1.29, 1.82) is 0 Å². The number of carbonyl (C=O) groups is 2. The molecule has 1 aromatic carbocycles. The molecule has 6 heteroatoms. The van der Waals surface area contributed by atoms with E-state index in [0.29, 0.717) is 11.4 Å². The van der Waals surface area contributed by atoms with Gasteiger partial charge >= 0.3 is 11.9 Å². The van der Waals surface area contributed by atoms with Crippen LogP contribution in [0.2, 0.25) is 0 Å². The minimum atomic E-state index is -1.09. The van der Waals surface area contributed by atoms with Gasteiger partial charge in [0.25, 0.3) is 0 Å². The molecule has 16 heavy (non-hydrogen) atoms. The van der Waals surface area contributed by atoms with E-state index in [0.717, 1.165) is 0 Å². The van der Waals surface area contributed by atoms with E-state index in [1.807, 2.05) is 0 Å². The Morgan fingerprint density at radius 1 is 1.19 bits per heavy atom. The van der Waals surface area contributed by atoms with Crippen molar-refractivity contribution in [3.05, 3.63) is 24.3 Å². The molecular weight excluding hydrogens is 214 g/mol. The van der Waals surface area contributed by atoms with E-state index in [2.05, 4.69) is 5.32 Å². The minimum absolute atomic E-state index is 0.257. The predicted octanol–water partition coefficient (Wildman–Crippen LogP) is 0.647. The van der Waals surface area contributed by atoms with E-state index in [1.165, 1.54) is 0 Å². The zero-order valence-corrected chi connectivity index (χ0v) is 8.34. The molecule has 0 radical (unpaired) electrons. The van der Waals surface area contributed by atoms with Crippen molar-refractivity contribution >= 4 is 17.6 Å². The first-order valence-electron chi connectivity index (χ1n) is 4.49. The van der Waals surface area contributed by atoms with Crippen LogP contribution in [0.15, 0.2) is 24.3 Å². The van der Waals surface area contributed by atoms with Gasteiger partial charge in [-0.25, -0.2) is 4.79 Å². The zero-order valence-electron chi connectivity index (χ0n) is 8.34. The van der Waals surface area contributed by atoms with Gasteiger partial charge in [-0.3, -0.25) is 4.79 Å². The molecule has 0 spiro atoms. The summed E-state index contributed by atoms with van der Waals surface area (Å²) in [5.74, 6) is -1.78. The van der Waals surface area contributed by atoms with E-state index >= 15 is 0 Å². The Bertz CT molecular complexity index is 354. The summed E-state index contributed by atoms with van der Waals surface area (Å²) < 4.78 is 4.98. The molecule has 0 unspecified atom stereocenters. The summed E-state index contributed by atoms with van der Waals surface area (Å²) in [7, 11) is 0. The molecule has 0 heterocycles. The maximum absolute atomic E-state index is 10.4. The Morgan fingerprint density at radius 3 is 2.50 bits per heavy atom. The summed E-state index contributed by atoms with van der Waals surface area (Å²) >= 11 is 0. The largest absolute Gasteiger partial charge is 0.480 e. The zero-order chi connectivity index (χ0) is 12.0. The molecule has 0 amide bonds. The summed E-state index contributed by atoms with van der Waals surface area (Å²) in [4.78, 5) is 20.7. The van der Waals surface area contributed by atoms with Gasteiger partial charge in [-0.1, -0.05) is 12.1 Å². The second-order valence-corrected chi connectivity index (χ2v) is 2.93. The highest BCUT2D eigenvalue weighted by molar-refractivity contribution is 5.74. The molecular formula is C10H11NO5. The summed E-state index contributed by atoms with van der Waals surface area (Å²) in [5.41, 5.74) is 0.450. The number of rotatable bonds is 6. The lowest BCUT2D eigenvalue weighted by atomic mass is 10.3. The van der Waals surface area contributed by atoms with Crippen molar-refractivity contribution in [2.45, 2.75) is 0 Å². The van der Waals surface area contributed by atoms with E-state index in [9.17, 15) is 9.59 Å². The number of ether oxygens (including phenoxy) is 1. The fourth-order valence-corrected chi connectivity index (χ4v) is 1.05. The molecule has 0 bridgehead atoms. The third-order valence-corrected chi connectivity index (χ3v) is 1.67. The van der Waals surface area contributed by atoms with Gasteiger partial charge < -0.3 is 20.3 Å². The van der Waals surface area contributed by atoms with Crippen LogP contribution < -0.4 is 10.1 Å². The number of hydrogen-bond donors (Lipinski definition) is 3. The summed E-state index contributed by atoms with van der Waals surface area (Å²) in [6, 6.07) is 6.54. The molecule has 0 fully saturated rings. The topological polar surface area (TPSA) is 95.9 Å². The number of carboxylic acids is 2. The maximum Gasteiger partial charge on any atom is 0.341 e. The fourth-order valence-electron chi connectivity index (χ4n) is 1.05. The Balaban J connectivity index is 2.67. The standard InChI is InChI=1S/C10H11NO5/c12-9(13)5-11-7-3-1-2-4-8(7)16-6-10(14)15/h1-4,11H,5-6H2,(H,12,13)(H,14,15). The average Bonchev–Trinajstić information content (AvgIpc) is 2.24. The molecule has 86 valence electrons. The number of carboxylic acid groups (broad SMARTS) is 2. The third-order valence-electron chi connectivity index (χ3n) is 1.67. The molecule has 0 aliphatic rings. The Morgan fingerprint density at radius 2 is 1.88 bits per heavy atom. The van der Waals surface area contributed by atoms with Crippen LogP contribution in [0.4, 0.5) is 5.69 Å². The number of para-hydroxylation sites is 2. The highest BCUT2D eigenvalue weighted by Crippen LogP contribution is 2.23. The normalized spacial score (nSPS) is 9.50. The summed E-state index contributed by atoms with van der Waals surface area (Å²) in [6.45, 7) is -0.723. The predicted molar refractivity (Wildman–Crippen MR) is 55.7 cm³/mol. The number of benzene rings is 1. The number of nitrogens with one attached hydrogen (secondary N) is 1. The lowest BCUT2D eigenvalue weighted by Gasteiger charge is -2.10. The van der Waals surface area contributed by atoms with Crippen molar-refractivity contribution < 1.29 is 24.5 Å². The first-order chi connectivity index (χ1) is 7.59. The van der Waals surface area contributed by atoms with Crippen molar-refractivity contribution in [3.8, 4) is 5.75 Å². The van der Waals surface area contributed by atoms with Crippen LogP contribution in [0.25, 0.3) is 0 Å². The molecule has 1 aromatic rings. The van der Waals surface area contributed by atoms with Crippen LogP contribution in [0.5, 0.6) is 5.75 Å². The molecule has 0 atom stereocenters. The molecule has 6 nitrogen and oxygen atoms in total. The van der Waals surface area contributed by atoms with Gasteiger partial charge in [0.05, 0.1) is 5.69 Å². The molecule has 0 aromatic heterocycles. The van der Waals surface area contributed by atoms with Gasteiger partial charge in [-0.2, -0.15) is 0 Å². The van der Waals surface area contributed by atoms with Crippen molar-refractivity contribution in [2.24, 2.45) is 0 Å². The molecule has 1 rings (SSSR count). The van der Waals surface area contributed by atoms with Crippen LogP contribution in [0, 0.1) is 0 Å². The van der Waals surface area contributed by atoms with Crippen LogP contribution >= 0.6 is 0 Å². The van der Waals surface area contributed by atoms with Crippen molar-refractivity contribution in [1.82, 2.24) is 0 Å². The second kappa shape index (κ2) is 5.59. The van der Waals surface area contributed by atoms with Crippen molar-refractivity contribution in [3.63, 3.8) is 0 Å². The van der Waals surface area contributed by atoms with Gasteiger partial charge in [-0.05, 0) is 12.1 Å². The quantitative estimate of drug-likeness (QED) is 0.657. The first kappa shape index (κ1) is 11.8. The molecule has 0 aliphatic carbocycles. The van der Waals surface area contributed by atoms with Crippen LogP contribution in [0.1, 0.15) is 0 Å². The second-order valence-electron chi connectivity index (χ2n) is 2.93. The van der Waals surface area contributed by atoms with E-state index in [4.69, 9.17) is 14.9 Å². The average molecular weight is 225 g/mol. The molecule has 3 N–H and O–H groups in total. The lowest BCUT2D eigenvalue weighted by molar-refractivity contribution is -0.139. The Hall–Kier alpha value is -2.24. The first-order valence-corrected chi connectivity index (χ1v) is 4.49. The smallest absolute Gasteiger partial charge is 0.341 e. The minimum Gasteiger partial charge on any atom is -0.480 e. The summed E-state index contributed by atoms with van der Waals surface area (Å²) in [5, 5.41) is 19.5. The Labute approximate surface area is 91.5 Å². The Kier molecular flexibility index (Phi) is 4.14. The van der Waals surface area contributed by atoms with Crippen molar-refractivity contribution in [2.75, 3.05) is 18.5 Å². The van der Waals surface area contributed by atoms with Crippen LogP contribution in [0.3, 0.4) is 0 Å². The maximum atomic E-state index is 10.4. The number of hydrogen-bond acceptors (Lipinski definition) is 4. The van der Waals surface area contributed by atoms with Crippen LogP contribution in [-0.4, -0.2) is 35.3 Å². The highest BCUT2D eigenvalue weighted by Gasteiger charge is 2.05.